The van der Waals surface area contributed by atoms with Crippen LogP contribution in [0.3, 0.4) is 0 Å². The Labute approximate surface area is 73.5 Å². The topological polar surface area (TPSA) is 66.7 Å². The first-order chi connectivity index (χ1) is 5.45. The molecule has 5 heteroatoms. The fourth-order valence-corrected chi connectivity index (χ4v) is 1.12. The number of rotatable bonds is 5. The molecule has 0 heterocycles. The number of nitrogens with zero attached hydrogens (tertiary/aromatic N) is 1. The van der Waals surface area contributed by atoms with E-state index < -0.39 is 10.1 Å². The summed E-state index contributed by atoms with van der Waals surface area (Å²) in [5.74, 6) is -0.201. The van der Waals surface area contributed by atoms with Gasteiger partial charge in [-0.25, -0.2) is 0 Å². The van der Waals surface area contributed by atoms with Gasteiger partial charge < -0.3 is 0 Å². The van der Waals surface area contributed by atoms with Crippen molar-refractivity contribution >= 4 is 15.8 Å². The van der Waals surface area contributed by atoms with Crippen LogP contribution in [0.1, 0.15) is 26.7 Å². The molecule has 0 aliphatic rings. The highest BCUT2D eigenvalue weighted by atomic mass is 32.2. The molecule has 0 aromatic carbocycles. The predicted molar refractivity (Wildman–Crippen MR) is 49.3 cm³/mol. The van der Waals surface area contributed by atoms with Crippen molar-refractivity contribution in [2.75, 3.05) is 12.3 Å². The second-order valence-electron chi connectivity index (χ2n) is 2.61. The zero-order chi connectivity index (χ0) is 9.61. The van der Waals surface area contributed by atoms with E-state index >= 15 is 0 Å². The van der Waals surface area contributed by atoms with Crippen LogP contribution in [0, 0.1) is 0 Å². The first-order valence-corrected chi connectivity index (χ1v) is 5.51. The van der Waals surface area contributed by atoms with Crippen molar-refractivity contribution < 1.29 is 13.0 Å². The van der Waals surface area contributed by atoms with Gasteiger partial charge in [0.1, 0.15) is 0 Å². The largest absolute Gasteiger partial charge is 0.294 e. The van der Waals surface area contributed by atoms with Gasteiger partial charge in [-0.2, -0.15) is 8.42 Å². The highest BCUT2D eigenvalue weighted by Gasteiger charge is 2.01. The second-order valence-corrected chi connectivity index (χ2v) is 4.18. The molecule has 0 aromatic rings. The maximum atomic E-state index is 10.3. The molecule has 0 rings (SSSR count). The number of hydrogen-bond donors (Lipinski definition) is 1. The lowest BCUT2D eigenvalue weighted by molar-refractivity contribution is 0.481. The van der Waals surface area contributed by atoms with E-state index in [1.165, 1.54) is 0 Å². The maximum Gasteiger partial charge on any atom is 0.264 e. The first kappa shape index (κ1) is 11.6. The lowest BCUT2D eigenvalue weighted by Crippen LogP contribution is -2.05. The summed E-state index contributed by atoms with van der Waals surface area (Å²) < 4.78 is 28.9. The van der Waals surface area contributed by atoms with Crippen LogP contribution < -0.4 is 0 Å². The molecule has 0 unspecified atom stereocenters. The average Bonchev–Trinajstić information content (AvgIpc) is 1.96. The Kier molecular flexibility index (Phi) is 5.08. The Bertz CT molecular complexity index is 243. The molecule has 0 fully saturated rings. The second kappa shape index (κ2) is 5.27. The smallest absolute Gasteiger partial charge is 0.264 e. The molecule has 0 bridgehead atoms. The summed E-state index contributed by atoms with van der Waals surface area (Å²) in [6.07, 6.45) is 1.27. The standard InChI is InChI=1S/C7H15NO3S/c1-3-7(2)8-5-4-6-12(9,10)11/h3-6H2,1-2H3,(H,9,10,11)/b8-7-. The van der Waals surface area contributed by atoms with Gasteiger partial charge in [0.05, 0.1) is 5.75 Å². The Morgan fingerprint density at radius 2 is 2.08 bits per heavy atom. The van der Waals surface area contributed by atoms with Crippen LogP contribution in [0.5, 0.6) is 0 Å². The first-order valence-electron chi connectivity index (χ1n) is 3.91. The average molecular weight is 193 g/mol. The third-order valence-corrected chi connectivity index (χ3v) is 2.26. The molecule has 0 radical (unpaired) electrons. The lowest BCUT2D eigenvalue weighted by atomic mass is 10.3. The van der Waals surface area contributed by atoms with Crippen LogP contribution in [0.15, 0.2) is 4.99 Å². The van der Waals surface area contributed by atoms with E-state index in [1.54, 1.807) is 0 Å². The van der Waals surface area contributed by atoms with E-state index in [0.717, 1.165) is 12.1 Å². The van der Waals surface area contributed by atoms with Crippen molar-refractivity contribution in [3.05, 3.63) is 0 Å². The monoisotopic (exact) mass is 193 g/mol. The molecule has 0 spiro atoms. The van der Waals surface area contributed by atoms with Crippen LogP contribution in [-0.4, -0.2) is 31.0 Å². The van der Waals surface area contributed by atoms with E-state index in [-0.39, 0.29) is 5.75 Å². The van der Waals surface area contributed by atoms with Gasteiger partial charge in [0.25, 0.3) is 10.1 Å². The Hall–Kier alpha value is -0.420. The summed E-state index contributed by atoms with van der Waals surface area (Å²) in [4.78, 5) is 4.09. The van der Waals surface area contributed by atoms with Crippen molar-refractivity contribution in [3.63, 3.8) is 0 Å². The molecular weight excluding hydrogens is 178 g/mol. The van der Waals surface area contributed by atoms with Crippen molar-refractivity contribution in [1.29, 1.82) is 0 Å². The van der Waals surface area contributed by atoms with Gasteiger partial charge in [-0.15, -0.1) is 0 Å². The molecule has 0 saturated heterocycles. The van der Waals surface area contributed by atoms with Crippen LogP contribution >= 0.6 is 0 Å². The predicted octanol–water partition coefficient (Wildman–Crippen LogP) is 1.14. The van der Waals surface area contributed by atoms with Gasteiger partial charge >= 0.3 is 0 Å². The molecule has 0 aliphatic carbocycles. The summed E-state index contributed by atoms with van der Waals surface area (Å²) in [5.41, 5.74) is 1.00. The zero-order valence-electron chi connectivity index (χ0n) is 7.45. The van der Waals surface area contributed by atoms with E-state index in [4.69, 9.17) is 4.55 Å². The summed E-state index contributed by atoms with van der Waals surface area (Å²) in [7, 11) is -3.80. The van der Waals surface area contributed by atoms with Crippen LogP contribution in [0.2, 0.25) is 0 Å². The lowest BCUT2D eigenvalue weighted by Gasteiger charge is -1.96. The van der Waals surface area contributed by atoms with E-state index in [1.807, 2.05) is 13.8 Å². The highest BCUT2D eigenvalue weighted by molar-refractivity contribution is 7.85. The van der Waals surface area contributed by atoms with Crippen molar-refractivity contribution in [2.24, 2.45) is 4.99 Å². The summed E-state index contributed by atoms with van der Waals surface area (Å²) in [6.45, 7) is 4.36. The van der Waals surface area contributed by atoms with Crippen molar-refractivity contribution in [1.82, 2.24) is 0 Å². The minimum absolute atomic E-state index is 0.201. The molecule has 0 aromatic heterocycles. The van der Waals surface area contributed by atoms with Crippen LogP contribution in [0.25, 0.3) is 0 Å². The van der Waals surface area contributed by atoms with E-state index in [9.17, 15) is 8.42 Å². The van der Waals surface area contributed by atoms with Gasteiger partial charge in [-0.1, -0.05) is 6.92 Å². The quantitative estimate of drug-likeness (QED) is 0.404. The van der Waals surface area contributed by atoms with Crippen molar-refractivity contribution in [3.8, 4) is 0 Å². The zero-order valence-corrected chi connectivity index (χ0v) is 8.26. The van der Waals surface area contributed by atoms with E-state index in [0.29, 0.717) is 13.0 Å². The molecule has 12 heavy (non-hydrogen) atoms. The Morgan fingerprint density at radius 3 is 2.50 bits per heavy atom. The fraction of sp³-hybridized carbons (Fsp3) is 0.857. The van der Waals surface area contributed by atoms with Crippen molar-refractivity contribution in [2.45, 2.75) is 26.7 Å². The van der Waals surface area contributed by atoms with Gasteiger partial charge in [0, 0.05) is 12.3 Å². The van der Waals surface area contributed by atoms with Gasteiger partial charge in [0.2, 0.25) is 0 Å². The summed E-state index contributed by atoms with van der Waals surface area (Å²) in [5, 5.41) is 0. The minimum Gasteiger partial charge on any atom is -0.294 e. The molecule has 0 aliphatic heterocycles. The van der Waals surface area contributed by atoms with Gasteiger partial charge in [0.15, 0.2) is 0 Å². The number of aliphatic imine (C=N–C) groups is 1. The van der Waals surface area contributed by atoms with Gasteiger partial charge in [-0.05, 0) is 19.8 Å². The molecule has 72 valence electrons. The highest BCUT2D eigenvalue weighted by Crippen LogP contribution is 1.91. The third-order valence-electron chi connectivity index (χ3n) is 1.45. The Morgan fingerprint density at radius 1 is 1.50 bits per heavy atom. The molecule has 0 atom stereocenters. The molecular formula is C7H15NO3S. The maximum absolute atomic E-state index is 10.3. The molecule has 4 nitrogen and oxygen atoms in total. The third kappa shape index (κ3) is 7.68. The fourth-order valence-electron chi connectivity index (χ4n) is 0.629. The summed E-state index contributed by atoms with van der Waals surface area (Å²) in [6, 6.07) is 0. The molecule has 0 amide bonds. The van der Waals surface area contributed by atoms with E-state index in [2.05, 4.69) is 4.99 Å². The van der Waals surface area contributed by atoms with Crippen LogP contribution in [-0.2, 0) is 10.1 Å². The van der Waals surface area contributed by atoms with Gasteiger partial charge in [-0.3, -0.25) is 9.55 Å². The number of hydrogen-bond acceptors (Lipinski definition) is 3. The normalized spacial score (nSPS) is 13.4. The van der Waals surface area contributed by atoms with Crippen LogP contribution in [0.4, 0.5) is 0 Å². The Balaban J connectivity index is 3.59. The summed E-state index contributed by atoms with van der Waals surface area (Å²) >= 11 is 0. The molecule has 0 saturated carbocycles. The molecule has 1 N–H and O–H groups in total. The minimum atomic E-state index is -3.80. The SMILES string of the molecule is CC/C(C)=N\CCCS(=O)(=O)O.